The van der Waals surface area contributed by atoms with Crippen molar-refractivity contribution in [1.82, 2.24) is 15.6 Å². The van der Waals surface area contributed by atoms with Gasteiger partial charge in [-0.2, -0.15) is 13.8 Å². The average Bonchev–Trinajstić information content (AvgIpc) is 1.58. The van der Waals surface area contributed by atoms with Crippen LogP contribution in [0.1, 0.15) is 166 Å². The van der Waals surface area contributed by atoms with Crippen LogP contribution in [0.2, 0.25) is 0 Å². The van der Waals surface area contributed by atoms with E-state index in [-0.39, 0.29) is 123 Å². The number of nitrogens with zero attached hydrogens (tertiary/aromatic N) is 2. The van der Waals surface area contributed by atoms with Crippen molar-refractivity contribution in [3.05, 3.63) is 326 Å². The monoisotopic (exact) mass is 2530 g/mol. The number of phenols is 1. The number of hydrogen-bond donors (Lipinski definition) is 5. The van der Waals surface area contributed by atoms with Crippen LogP contribution in [0.25, 0.3) is 12.2 Å². The standard InChI is InChI=1S/C21H19O2P.C14H19NO3.C14H18O3.C13H17NO3.C13H16O3.C12H14O3.C11H12O3.C8H8O2.C2H7NO.2C2H5.CH2ClI.BBr3.BrH.Na.H2O.Zn/c22-21(23)16-17-24(18-10-4-1-5-11-18,19-12-6-2-7-13-19)20-14-8-3-9-15-20;1-15(18-3)14(16)9-11-8-13(11)10-4-6-12(17-2)7-5-10;1-3-17-14(15)9-11-8-13(11)10-4-6-12(16-2)7-5-10;1-14(17-3)13(15)6-4-5-11-7-9-12(16-2)10-8-11;1-2-16-13(15)8-10-7-12(10)9-3-5-11(14)6-4-9;1-15-10-4-2-8(3-5-10)11-6-9(11)7-12(13)14;1-14-10-7-5-9(6-8-10)3-2-4-11(12)13;1-10-8-4-2-7(6-9)3-5-8;1-3-4-2;2*1-2;2-1-3;2-1(3)4;;;;/h1-15H,16-17H2;4-7,11,13H,8-9H2,1-3H3;4-7,11,13H,3,8-9H2,1-2H3;4-5,7-10H,6H2,1-3H3;3-6,10,12,14H,2,7-8H2,1H3;2-5,9,11H,6-7H2,1H3,(H,13,14);2-3,5-8H,4H2,1H3,(H,12,13);2-6H,1H3;3H,1-2H3;2*1H2,2H3;1H2;;1H;;1H2;/q;;;;;;;;;2*-1;;;;+1;;+2/p-1/b;;;5-4+;;;3-2+;;;;;;;;;;. The van der Waals surface area contributed by atoms with Crippen LogP contribution >= 0.6 is 88.7 Å². The van der Waals surface area contributed by atoms with Gasteiger partial charge in [0.25, 0.3) is 0 Å². The van der Waals surface area contributed by atoms with Crippen LogP contribution in [0.4, 0.5) is 0 Å². The van der Waals surface area contributed by atoms with E-state index in [1.54, 1.807) is 139 Å². The Hall–Kier alpha value is -8.90. The molecule has 4 aliphatic carbocycles. The summed E-state index contributed by atoms with van der Waals surface area (Å²) in [5.74, 6) is 6.33. The third-order valence-electron chi connectivity index (χ3n) is 22.4. The number of phenolic OH excluding ortho intramolecular Hbond substituents is 1. The van der Waals surface area contributed by atoms with Crippen LogP contribution in [-0.4, -0.2) is 196 Å². The Kier molecular flexibility index (Phi) is 83.7. The molecule has 4 saturated carbocycles. The van der Waals surface area contributed by atoms with E-state index in [0.717, 1.165) is 77.6 Å². The molecule has 0 radical (unpaired) electrons. The first kappa shape index (κ1) is 145. The van der Waals surface area contributed by atoms with Crippen LogP contribution in [-0.2, 0) is 77.0 Å². The number of carboxylic acid groups (broad SMARTS) is 3. The summed E-state index contributed by atoms with van der Waals surface area (Å²) in [6.45, 7) is 14.6. The first-order valence-electron chi connectivity index (χ1n) is 47.1. The molecule has 808 valence electrons. The minimum Gasteiger partial charge on any atom is -1.00 e. The Morgan fingerprint density at radius 3 is 0.947 bits per heavy atom. The van der Waals surface area contributed by atoms with Gasteiger partial charge in [-0.3, -0.25) is 48.0 Å². The van der Waals surface area contributed by atoms with Crippen molar-refractivity contribution in [3.8, 4) is 40.2 Å². The minimum absolute atomic E-state index is 0. The number of rotatable bonds is 36. The van der Waals surface area contributed by atoms with Crippen molar-refractivity contribution >= 4 is 168 Å². The van der Waals surface area contributed by atoms with Gasteiger partial charge in [-0.1, -0.05) is 174 Å². The number of hydroxylamine groups is 5. The summed E-state index contributed by atoms with van der Waals surface area (Å²) in [5, 5.41) is 41.7. The SMILES string of the molecule is BrB(Br)Br.CCOC(=O)CC1CC1c1ccc(O)cc1.CCOC(=O)CC1CC1c1ccc(OC)cc1.CNOC.COc1ccc(/C=C/CC(=O)N(C)OC)cc1.COc1ccc(/C=C/CC(=O)O)cc1.COc1ccc(C2CC2CC(=O)N(C)OC)cc1.COc1ccc(C2CC2CC(=O)O)cc1.COc1ccc(C=O)cc1.ClCI.O=C(O)CC[P+](c1ccccc1)(c1ccccc1)c1ccccc1.[Br-].[CH2-]C.[CH2-]C.[Na+].[OH-].[Zn+2]. The second-order valence-corrected chi connectivity index (χ2v) is 43.8. The van der Waals surface area contributed by atoms with Crippen LogP contribution in [0, 0.1) is 37.5 Å². The Morgan fingerprint density at radius 2 is 0.693 bits per heavy atom. The number of amides is 2. The molecule has 37 heteroatoms. The van der Waals surface area contributed by atoms with E-state index in [9.17, 15) is 43.5 Å². The number of carboxylic acids is 3. The van der Waals surface area contributed by atoms with E-state index in [1.807, 2.05) is 184 Å². The summed E-state index contributed by atoms with van der Waals surface area (Å²) in [5.41, 5.74) is 10.1. The number of halogens is 6. The second-order valence-electron chi connectivity index (χ2n) is 31.8. The number of nitrogens with one attached hydrogen (secondary N) is 1. The van der Waals surface area contributed by atoms with Crippen molar-refractivity contribution in [1.29, 1.82) is 0 Å². The smallest absolute Gasteiger partial charge is 1.00 e. The van der Waals surface area contributed by atoms with Gasteiger partial charge in [-0.05, 0) is 254 Å². The van der Waals surface area contributed by atoms with Crippen LogP contribution in [0.5, 0.6) is 40.2 Å². The molecule has 10 aromatic rings. The zero-order valence-electron chi connectivity index (χ0n) is 88.7. The molecular formula is C113H144BBr4ClIN3NaO24PZn. The maximum Gasteiger partial charge on any atom is 2.00 e. The summed E-state index contributed by atoms with van der Waals surface area (Å²) in [4.78, 5) is 102. The quantitative estimate of drug-likeness (QED) is 0.00356. The number of benzene rings is 10. The summed E-state index contributed by atoms with van der Waals surface area (Å²) in [7, 11) is 17.3. The van der Waals surface area contributed by atoms with Crippen LogP contribution in [0.3, 0.4) is 0 Å². The summed E-state index contributed by atoms with van der Waals surface area (Å²) in [6, 6.07) is 84.3. The zero-order valence-corrected chi connectivity index (χ0v) is 104. The maximum absolute atomic E-state index is 11.7. The van der Waals surface area contributed by atoms with Gasteiger partial charge in [-0.15, -0.1) is 58.9 Å². The largest absolute Gasteiger partial charge is 2.00 e. The van der Waals surface area contributed by atoms with E-state index in [1.165, 1.54) is 62.5 Å². The van der Waals surface area contributed by atoms with E-state index in [2.05, 4.69) is 155 Å². The van der Waals surface area contributed by atoms with Crippen LogP contribution in [0.15, 0.2) is 273 Å². The maximum atomic E-state index is 11.7. The summed E-state index contributed by atoms with van der Waals surface area (Å²) < 4.78 is 41.1. The van der Waals surface area contributed by atoms with Gasteiger partial charge in [-0.25, -0.2) is 15.6 Å². The molecule has 8 atom stereocenters. The van der Waals surface area contributed by atoms with E-state index in [4.69, 9.17) is 74.5 Å². The fraction of sp³-hybridized carbons (Fsp3) is 0.345. The molecule has 0 spiro atoms. The third kappa shape index (κ3) is 60.1. The van der Waals surface area contributed by atoms with Gasteiger partial charge >= 0.3 is 82.1 Å². The molecule has 2 amide bonds. The number of aliphatic carboxylic acids is 3. The molecule has 0 aromatic heterocycles. The molecule has 4 aliphatic rings. The summed E-state index contributed by atoms with van der Waals surface area (Å²) in [6.07, 6.45) is 15.2. The average molecular weight is 2540 g/mol. The number of alkyl halides is 2. The molecule has 27 nitrogen and oxygen atoms in total. The molecule has 0 bridgehead atoms. The van der Waals surface area contributed by atoms with Crippen molar-refractivity contribution in [2.45, 2.75) is 122 Å². The summed E-state index contributed by atoms with van der Waals surface area (Å²) >= 11 is 16.4. The van der Waals surface area contributed by atoms with Gasteiger partial charge in [0.2, 0.25) is 11.8 Å². The normalized spacial score (nSPS) is 15.0. The van der Waals surface area contributed by atoms with E-state index in [0.29, 0.717) is 102 Å². The second kappa shape index (κ2) is 86.4. The molecule has 0 heterocycles. The Balaban J connectivity index is -0.00000162. The molecule has 150 heavy (non-hydrogen) atoms. The first-order valence-corrected chi connectivity index (χ1v) is 53.8. The first-order chi connectivity index (χ1) is 70.3. The third-order valence-corrected chi connectivity index (χ3v) is 26.8. The van der Waals surface area contributed by atoms with Gasteiger partial charge < -0.3 is 99.5 Å². The molecule has 14 rings (SSSR count). The number of aromatic hydroxyl groups is 1. The zero-order chi connectivity index (χ0) is 109. The number of hydrogen-bond acceptors (Lipinski definition) is 22. The van der Waals surface area contributed by atoms with Gasteiger partial charge in [0, 0.05) is 58.8 Å². The molecule has 10 aromatic carbocycles. The van der Waals surface area contributed by atoms with Crippen molar-refractivity contribution in [3.63, 3.8) is 0 Å². The Morgan fingerprint density at radius 1 is 0.433 bits per heavy atom. The molecule has 6 N–H and O–H groups in total. The Bertz CT molecular complexity index is 5240. The molecular weight excluding hydrogens is 2400 g/mol. The molecule has 4 fully saturated rings. The molecule has 0 aliphatic heterocycles. The van der Waals surface area contributed by atoms with E-state index < -0.39 is 25.2 Å². The van der Waals surface area contributed by atoms with Crippen molar-refractivity contribution in [2.75, 3.05) is 108 Å². The molecule has 8 unspecified atom stereocenters. The van der Waals surface area contributed by atoms with Crippen molar-refractivity contribution in [2.24, 2.45) is 23.7 Å². The minimum atomic E-state index is -1.99. The number of aldehydes is 1. The predicted octanol–water partition coefficient (Wildman–Crippen LogP) is 18.0. The number of methoxy groups -OCH3 is 6. The molecule has 0 saturated heterocycles. The van der Waals surface area contributed by atoms with Crippen LogP contribution < -0.4 is 96.4 Å². The Labute approximate surface area is 976 Å². The topological polar surface area (TPSA) is 368 Å². The fourth-order valence-electron chi connectivity index (χ4n) is 14.4. The fourth-order valence-corrected chi connectivity index (χ4v) is 18.7. The number of carbonyl (C=O) groups is 8. The number of ether oxygens (including phenoxy) is 8. The van der Waals surface area contributed by atoms with Gasteiger partial charge in [0.1, 0.15) is 69.7 Å². The predicted molar refractivity (Wildman–Crippen MR) is 608 cm³/mol. The van der Waals surface area contributed by atoms with Gasteiger partial charge in [0.05, 0.1) is 100 Å². The van der Waals surface area contributed by atoms with E-state index >= 15 is 0 Å². The number of carbonyl (C=O) groups excluding carboxylic acids is 5. The van der Waals surface area contributed by atoms with Crippen molar-refractivity contribution < 1.29 is 183 Å². The van der Waals surface area contributed by atoms with Gasteiger partial charge in [0.15, 0.2) is 0 Å². The number of esters is 2.